The molecule has 2 aliphatic heterocycles. The highest BCUT2D eigenvalue weighted by Crippen LogP contribution is 2.54. The van der Waals surface area contributed by atoms with Gasteiger partial charge in [0.1, 0.15) is 0 Å². The van der Waals surface area contributed by atoms with Gasteiger partial charge in [-0.25, -0.2) is 0 Å². The number of hydrogen-bond donors (Lipinski definition) is 0. The normalized spacial score (nSPS) is 18.5. The Morgan fingerprint density at radius 2 is 1.07 bits per heavy atom. The van der Waals surface area contributed by atoms with E-state index >= 15 is 0 Å². The van der Waals surface area contributed by atoms with Crippen molar-refractivity contribution < 1.29 is 0 Å². The molecule has 1 nitrogen and oxygen atoms in total. The summed E-state index contributed by atoms with van der Waals surface area (Å²) in [5.41, 5.74) is 24.1. The van der Waals surface area contributed by atoms with Crippen molar-refractivity contribution in [3.05, 3.63) is 143 Å². The highest BCUT2D eigenvalue weighted by atomic mass is 32.1. The summed E-state index contributed by atoms with van der Waals surface area (Å²) in [6.45, 7) is 24.5. The minimum Gasteiger partial charge on any atom is -0.311 e. The molecule has 1 aromatic heterocycles. The maximum Gasteiger partial charge on any atom is 0.260 e. The van der Waals surface area contributed by atoms with Gasteiger partial charge in [0, 0.05) is 27.0 Å². The summed E-state index contributed by atoms with van der Waals surface area (Å²) in [6, 6.07) is 43.0. The molecule has 11 rings (SSSR count). The molecule has 0 spiro atoms. The monoisotopic (exact) mass is 785 g/mol. The average Bonchev–Trinajstić information content (AvgIpc) is 3.73. The van der Waals surface area contributed by atoms with Crippen molar-refractivity contribution in [1.29, 1.82) is 0 Å². The van der Waals surface area contributed by atoms with E-state index in [0.717, 1.165) is 0 Å². The van der Waals surface area contributed by atoms with Gasteiger partial charge in [-0.3, -0.25) is 0 Å². The molecule has 3 heterocycles. The molecular formula is C56H56BNS. The Morgan fingerprint density at radius 3 is 1.73 bits per heavy atom. The SMILES string of the molecule is Cc1cccc(C)c1-c1cc2c3c(c1)N(c1cc4c(cc1-c1ccccc1)C(C)(C)CCC4(C)C)c1ccccc1B3c1sc3cc4c(cc3c1-2)C(C)(C)CCC4(C)C. The number of thiophene rings is 1. The second kappa shape index (κ2) is 12.4. The summed E-state index contributed by atoms with van der Waals surface area (Å²) in [6.07, 6.45) is 4.81. The quantitative estimate of drug-likeness (QED) is 0.161. The first-order chi connectivity index (χ1) is 28.1. The number of hydrogen-bond acceptors (Lipinski definition) is 2. The minimum absolute atomic E-state index is 0.0687. The van der Waals surface area contributed by atoms with Crippen molar-refractivity contribution in [3.63, 3.8) is 0 Å². The van der Waals surface area contributed by atoms with Crippen LogP contribution in [-0.4, -0.2) is 6.71 Å². The van der Waals surface area contributed by atoms with Crippen LogP contribution in [0.25, 0.3) is 43.5 Å². The van der Waals surface area contributed by atoms with Crippen molar-refractivity contribution in [2.24, 2.45) is 0 Å². The number of para-hydroxylation sites is 1. The fourth-order valence-electron chi connectivity index (χ4n) is 11.8. The van der Waals surface area contributed by atoms with Crippen LogP contribution < -0.4 is 20.6 Å². The van der Waals surface area contributed by atoms with Crippen molar-refractivity contribution >= 4 is 60.9 Å². The molecule has 2 aliphatic carbocycles. The van der Waals surface area contributed by atoms with E-state index in [1.165, 1.54) is 124 Å². The average molecular weight is 786 g/mol. The zero-order valence-corrected chi connectivity index (χ0v) is 37.5. The molecule has 3 heteroatoms. The van der Waals surface area contributed by atoms with Crippen LogP contribution >= 0.6 is 11.3 Å². The van der Waals surface area contributed by atoms with Gasteiger partial charge in [0.05, 0.1) is 5.69 Å². The Kier molecular flexibility index (Phi) is 7.78. The molecular weight excluding hydrogens is 730 g/mol. The van der Waals surface area contributed by atoms with E-state index in [1.807, 2.05) is 0 Å². The number of nitrogens with zero attached hydrogens (tertiary/aromatic N) is 1. The Morgan fingerprint density at radius 1 is 0.492 bits per heavy atom. The van der Waals surface area contributed by atoms with Gasteiger partial charge >= 0.3 is 0 Å². The molecule has 0 radical (unpaired) electrons. The Labute approximate surface area is 356 Å². The van der Waals surface area contributed by atoms with Crippen LogP contribution in [0.5, 0.6) is 0 Å². The standard InChI is InChI=1S/C56H56BNS/c1-33-17-16-18-34(2)49(33)36-27-39-50-38-30-41-43(56(9,10)26-24-54(41,5)6)32-48(38)59-52(50)57-44-21-14-15-22-45(44)58(47(28-36)51(39)57)46-31-42-40(53(3,4)23-25-55(42,7)8)29-37(46)35-19-12-11-13-20-35/h11-22,27-32H,23-26H2,1-10H3. The van der Waals surface area contributed by atoms with Gasteiger partial charge in [0.15, 0.2) is 0 Å². The summed E-state index contributed by atoms with van der Waals surface area (Å²) in [5, 5.41) is 1.44. The first-order valence-electron chi connectivity index (χ1n) is 22.1. The summed E-state index contributed by atoms with van der Waals surface area (Å²) in [7, 11) is 0. The molecule has 0 amide bonds. The van der Waals surface area contributed by atoms with Crippen LogP contribution in [0.2, 0.25) is 0 Å². The third-order valence-electron chi connectivity index (χ3n) is 15.5. The molecule has 0 fully saturated rings. The van der Waals surface area contributed by atoms with Gasteiger partial charge in [0.25, 0.3) is 6.71 Å². The number of fused-ring (bicyclic) bond motifs is 9. The number of rotatable bonds is 3. The van der Waals surface area contributed by atoms with Gasteiger partial charge in [-0.05, 0) is 181 Å². The van der Waals surface area contributed by atoms with Gasteiger partial charge in [-0.15, -0.1) is 11.3 Å². The van der Waals surface area contributed by atoms with Crippen LogP contribution in [0.1, 0.15) is 114 Å². The molecule has 59 heavy (non-hydrogen) atoms. The lowest BCUT2D eigenvalue weighted by atomic mass is 9.39. The van der Waals surface area contributed by atoms with Crippen molar-refractivity contribution in [3.8, 4) is 33.4 Å². The van der Waals surface area contributed by atoms with Crippen LogP contribution in [0.4, 0.5) is 17.1 Å². The second-order valence-electron chi connectivity index (χ2n) is 21.1. The predicted octanol–water partition coefficient (Wildman–Crippen LogP) is 13.8. The molecule has 0 saturated heterocycles. The Hall–Kier alpha value is -4.86. The van der Waals surface area contributed by atoms with Gasteiger partial charge < -0.3 is 4.90 Å². The molecule has 294 valence electrons. The van der Waals surface area contributed by atoms with Crippen LogP contribution in [0.15, 0.2) is 109 Å². The maximum atomic E-state index is 2.69. The highest BCUT2D eigenvalue weighted by Gasteiger charge is 2.47. The summed E-state index contributed by atoms with van der Waals surface area (Å²) in [4.78, 5) is 2.69. The zero-order valence-electron chi connectivity index (χ0n) is 36.7. The largest absolute Gasteiger partial charge is 0.311 e. The first-order valence-corrected chi connectivity index (χ1v) is 22.9. The Bertz CT molecular complexity index is 2900. The van der Waals surface area contributed by atoms with E-state index in [9.17, 15) is 0 Å². The molecule has 0 atom stereocenters. The topological polar surface area (TPSA) is 3.24 Å². The summed E-state index contributed by atoms with van der Waals surface area (Å²) in [5.74, 6) is 0. The number of aryl methyl sites for hydroxylation is 2. The van der Waals surface area contributed by atoms with Crippen LogP contribution in [0.3, 0.4) is 0 Å². The van der Waals surface area contributed by atoms with E-state index < -0.39 is 0 Å². The van der Waals surface area contributed by atoms with Crippen LogP contribution in [-0.2, 0) is 21.7 Å². The van der Waals surface area contributed by atoms with E-state index in [2.05, 4.69) is 195 Å². The highest BCUT2D eigenvalue weighted by molar-refractivity contribution is 7.34. The van der Waals surface area contributed by atoms with E-state index in [4.69, 9.17) is 0 Å². The molecule has 6 aromatic carbocycles. The van der Waals surface area contributed by atoms with Crippen LogP contribution in [0, 0.1) is 13.8 Å². The fraction of sp³-hybridized carbons (Fsp3) is 0.321. The third-order valence-corrected chi connectivity index (χ3v) is 16.7. The van der Waals surface area contributed by atoms with Crippen molar-refractivity contribution in [2.45, 2.75) is 117 Å². The first kappa shape index (κ1) is 37.2. The van der Waals surface area contributed by atoms with E-state index in [1.54, 1.807) is 11.1 Å². The van der Waals surface area contributed by atoms with Crippen molar-refractivity contribution in [1.82, 2.24) is 0 Å². The van der Waals surface area contributed by atoms with Gasteiger partial charge in [0.2, 0.25) is 0 Å². The molecule has 0 bridgehead atoms. The zero-order chi connectivity index (χ0) is 41.0. The number of benzene rings is 6. The maximum absolute atomic E-state index is 2.69. The summed E-state index contributed by atoms with van der Waals surface area (Å²) >= 11 is 2.06. The van der Waals surface area contributed by atoms with Crippen molar-refractivity contribution in [2.75, 3.05) is 4.90 Å². The predicted molar refractivity (Wildman–Crippen MR) is 258 cm³/mol. The summed E-state index contributed by atoms with van der Waals surface area (Å²) < 4.78 is 2.95. The second-order valence-corrected chi connectivity index (χ2v) is 22.2. The lowest BCUT2D eigenvalue weighted by Gasteiger charge is -2.44. The lowest BCUT2D eigenvalue weighted by molar-refractivity contribution is 0.332. The van der Waals surface area contributed by atoms with Gasteiger partial charge in [-0.2, -0.15) is 0 Å². The fourth-order valence-corrected chi connectivity index (χ4v) is 13.2. The van der Waals surface area contributed by atoms with Gasteiger partial charge in [-0.1, -0.05) is 122 Å². The van der Waals surface area contributed by atoms with E-state index in [0.29, 0.717) is 0 Å². The molecule has 7 aromatic rings. The minimum atomic E-state index is 0.0687. The molecule has 0 unspecified atom stereocenters. The number of anilines is 3. The smallest absolute Gasteiger partial charge is 0.260 e. The Balaban J connectivity index is 1.27. The molecule has 0 saturated carbocycles. The van der Waals surface area contributed by atoms with E-state index in [-0.39, 0.29) is 28.4 Å². The lowest BCUT2D eigenvalue weighted by Crippen LogP contribution is -2.54. The molecule has 4 aliphatic rings. The third kappa shape index (κ3) is 5.29. The molecule has 0 N–H and O–H groups in total.